The van der Waals surface area contributed by atoms with E-state index < -0.39 is 17.8 Å². The van der Waals surface area contributed by atoms with Crippen molar-refractivity contribution >= 4 is 23.7 Å². The van der Waals surface area contributed by atoms with Gasteiger partial charge in [0, 0.05) is 12.1 Å². The number of unbranched alkanes of at least 4 members (excludes halogenated alkanes) is 1. The van der Waals surface area contributed by atoms with Crippen molar-refractivity contribution in [3.8, 4) is 5.75 Å². The molecule has 0 bridgehead atoms. The van der Waals surface area contributed by atoms with Gasteiger partial charge in [-0.25, -0.2) is 4.79 Å². The van der Waals surface area contributed by atoms with Crippen LogP contribution in [0.3, 0.4) is 0 Å². The van der Waals surface area contributed by atoms with Crippen LogP contribution in [0.15, 0.2) is 42.5 Å². The molecule has 7 nitrogen and oxygen atoms in total. The molecule has 1 heterocycles. The van der Waals surface area contributed by atoms with Gasteiger partial charge in [-0.1, -0.05) is 13.3 Å². The van der Waals surface area contributed by atoms with Crippen LogP contribution in [0.2, 0.25) is 0 Å². The molecule has 2 aromatic carbocycles. The first-order valence-corrected chi connectivity index (χ1v) is 8.54. The number of nitrogens with zero attached hydrogens (tertiary/aromatic N) is 1. The predicted molar refractivity (Wildman–Crippen MR) is 96.6 cm³/mol. The molecule has 0 saturated carbocycles. The maximum Gasteiger partial charge on any atom is 0.343 e. The molecule has 0 atom stereocenters. The molecule has 0 unspecified atom stereocenters. The lowest BCUT2D eigenvalue weighted by atomic mass is 10.1. The van der Waals surface area contributed by atoms with Crippen molar-refractivity contribution in [2.75, 3.05) is 6.54 Å². The number of imide groups is 1. The summed E-state index contributed by atoms with van der Waals surface area (Å²) in [5.74, 6) is -1.76. The first kappa shape index (κ1) is 18.3. The summed E-state index contributed by atoms with van der Waals surface area (Å²) in [5.41, 5.74) is 6.11. The van der Waals surface area contributed by atoms with E-state index in [2.05, 4.69) is 0 Å². The molecule has 0 aromatic heterocycles. The fraction of sp³-hybridized carbons (Fsp3) is 0.200. The third-order valence-corrected chi connectivity index (χ3v) is 4.29. The van der Waals surface area contributed by atoms with Crippen molar-refractivity contribution in [3.63, 3.8) is 0 Å². The third kappa shape index (κ3) is 3.57. The number of rotatable bonds is 6. The van der Waals surface area contributed by atoms with Crippen molar-refractivity contribution in [2.45, 2.75) is 19.8 Å². The Morgan fingerprint density at radius 1 is 0.963 bits per heavy atom. The fourth-order valence-corrected chi connectivity index (χ4v) is 2.79. The molecule has 2 aromatic rings. The zero-order valence-electron chi connectivity index (χ0n) is 14.7. The molecule has 0 aliphatic carbocycles. The molecule has 0 saturated heterocycles. The summed E-state index contributed by atoms with van der Waals surface area (Å²) < 4.78 is 5.25. The van der Waals surface area contributed by atoms with Crippen LogP contribution in [0, 0.1) is 0 Å². The van der Waals surface area contributed by atoms with Crippen LogP contribution < -0.4 is 10.5 Å². The summed E-state index contributed by atoms with van der Waals surface area (Å²) in [6, 6.07) is 10.1. The highest BCUT2D eigenvalue weighted by Gasteiger charge is 2.35. The van der Waals surface area contributed by atoms with Crippen LogP contribution in [0.25, 0.3) is 0 Å². The zero-order valence-corrected chi connectivity index (χ0v) is 14.7. The van der Waals surface area contributed by atoms with E-state index in [4.69, 9.17) is 10.5 Å². The highest BCUT2D eigenvalue weighted by Crippen LogP contribution is 2.25. The summed E-state index contributed by atoms with van der Waals surface area (Å²) in [5, 5.41) is 0. The van der Waals surface area contributed by atoms with E-state index in [1.165, 1.54) is 47.4 Å². The number of benzene rings is 2. The van der Waals surface area contributed by atoms with Gasteiger partial charge in [-0.2, -0.15) is 0 Å². The van der Waals surface area contributed by atoms with Crippen LogP contribution >= 0.6 is 0 Å². The van der Waals surface area contributed by atoms with Gasteiger partial charge < -0.3 is 10.5 Å². The molecule has 2 N–H and O–H groups in total. The Morgan fingerprint density at radius 3 is 2.22 bits per heavy atom. The number of carbonyl (C=O) groups excluding carboxylic acids is 4. The van der Waals surface area contributed by atoms with Gasteiger partial charge in [-0.3, -0.25) is 19.3 Å². The number of primary amides is 1. The minimum Gasteiger partial charge on any atom is -0.423 e. The number of hydrogen-bond acceptors (Lipinski definition) is 5. The van der Waals surface area contributed by atoms with E-state index in [1.807, 2.05) is 6.92 Å². The van der Waals surface area contributed by atoms with E-state index >= 15 is 0 Å². The van der Waals surface area contributed by atoms with Gasteiger partial charge in [0.15, 0.2) is 0 Å². The van der Waals surface area contributed by atoms with Gasteiger partial charge in [0.2, 0.25) is 5.91 Å². The summed E-state index contributed by atoms with van der Waals surface area (Å²) in [6.07, 6.45) is 1.58. The number of amides is 3. The van der Waals surface area contributed by atoms with Gasteiger partial charge in [-0.05, 0) is 48.9 Å². The van der Waals surface area contributed by atoms with Gasteiger partial charge in [0.25, 0.3) is 11.8 Å². The Labute approximate surface area is 155 Å². The Balaban J connectivity index is 1.78. The number of hydrogen-bond donors (Lipinski definition) is 1. The molecule has 0 fully saturated rings. The maximum atomic E-state index is 12.5. The monoisotopic (exact) mass is 366 g/mol. The minimum absolute atomic E-state index is 0.159. The predicted octanol–water partition coefficient (Wildman–Crippen LogP) is 2.40. The second kappa shape index (κ2) is 7.41. The van der Waals surface area contributed by atoms with Crippen molar-refractivity contribution in [2.24, 2.45) is 5.73 Å². The number of fused-ring (bicyclic) bond motifs is 1. The zero-order chi connectivity index (χ0) is 19.6. The standard InChI is InChI=1S/C20H18N2O5/c1-2-3-10-22-18(24)15-9-6-13(11-16(15)19(22)25)20(26)27-14-7-4-12(5-8-14)17(21)23/h4-9,11H,2-3,10H2,1H3,(H2,21,23). The average molecular weight is 366 g/mol. The molecule has 138 valence electrons. The smallest absolute Gasteiger partial charge is 0.343 e. The second-order valence-corrected chi connectivity index (χ2v) is 6.15. The first-order chi connectivity index (χ1) is 12.9. The van der Waals surface area contributed by atoms with Crippen molar-refractivity contribution in [1.82, 2.24) is 4.90 Å². The molecule has 27 heavy (non-hydrogen) atoms. The molecular weight excluding hydrogens is 348 g/mol. The summed E-state index contributed by atoms with van der Waals surface area (Å²) in [7, 11) is 0. The topological polar surface area (TPSA) is 107 Å². The molecule has 1 aliphatic heterocycles. The van der Waals surface area contributed by atoms with Crippen LogP contribution in [0.4, 0.5) is 0 Å². The molecule has 0 radical (unpaired) electrons. The van der Waals surface area contributed by atoms with E-state index in [9.17, 15) is 19.2 Å². The lowest BCUT2D eigenvalue weighted by Crippen LogP contribution is -2.30. The van der Waals surface area contributed by atoms with E-state index in [0.717, 1.165) is 12.8 Å². The molecular formula is C20H18N2O5. The molecule has 7 heteroatoms. The normalized spacial score (nSPS) is 12.9. The van der Waals surface area contributed by atoms with Gasteiger partial charge in [-0.15, -0.1) is 0 Å². The number of esters is 1. The van der Waals surface area contributed by atoms with Gasteiger partial charge >= 0.3 is 5.97 Å². The SMILES string of the molecule is CCCCN1C(=O)c2ccc(C(=O)Oc3ccc(C(N)=O)cc3)cc2C1=O. The van der Waals surface area contributed by atoms with Crippen molar-refractivity contribution in [1.29, 1.82) is 0 Å². The molecule has 1 aliphatic rings. The first-order valence-electron chi connectivity index (χ1n) is 8.54. The quantitative estimate of drug-likeness (QED) is 0.480. The largest absolute Gasteiger partial charge is 0.423 e. The Kier molecular flexibility index (Phi) is 5.03. The number of nitrogens with two attached hydrogens (primary N) is 1. The van der Waals surface area contributed by atoms with Crippen molar-refractivity contribution < 1.29 is 23.9 Å². The van der Waals surface area contributed by atoms with E-state index in [-0.39, 0.29) is 22.8 Å². The van der Waals surface area contributed by atoms with Crippen molar-refractivity contribution in [3.05, 3.63) is 64.7 Å². The van der Waals surface area contributed by atoms with Crippen LogP contribution in [-0.4, -0.2) is 35.1 Å². The van der Waals surface area contributed by atoms with Crippen LogP contribution in [0.5, 0.6) is 5.75 Å². The van der Waals surface area contributed by atoms with Crippen LogP contribution in [-0.2, 0) is 0 Å². The highest BCUT2D eigenvalue weighted by molar-refractivity contribution is 6.22. The fourth-order valence-electron chi connectivity index (χ4n) is 2.79. The second-order valence-electron chi connectivity index (χ2n) is 6.15. The lowest BCUT2D eigenvalue weighted by Gasteiger charge is -2.12. The molecule has 3 amide bonds. The van der Waals surface area contributed by atoms with Gasteiger partial charge in [0.1, 0.15) is 5.75 Å². The Morgan fingerprint density at radius 2 is 1.59 bits per heavy atom. The molecule has 0 spiro atoms. The number of carbonyl (C=O) groups is 4. The minimum atomic E-state index is -0.670. The highest BCUT2D eigenvalue weighted by atomic mass is 16.5. The lowest BCUT2D eigenvalue weighted by molar-refractivity contribution is 0.0651. The summed E-state index contributed by atoms with van der Waals surface area (Å²) in [4.78, 5) is 49.4. The summed E-state index contributed by atoms with van der Waals surface area (Å²) >= 11 is 0. The Hall–Kier alpha value is -3.48. The molecule has 3 rings (SSSR count). The third-order valence-electron chi connectivity index (χ3n) is 4.29. The van der Waals surface area contributed by atoms with Crippen LogP contribution in [0.1, 0.15) is 61.2 Å². The number of ether oxygens (including phenoxy) is 1. The maximum absolute atomic E-state index is 12.5. The van der Waals surface area contributed by atoms with Gasteiger partial charge in [0.05, 0.1) is 16.7 Å². The van der Waals surface area contributed by atoms with E-state index in [1.54, 1.807) is 0 Å². The average Bonchev–Trinajstić information content (AvgIpc) is 2.90. The van der Waals surface area contributed by atoms with E-state index in [0.29, 0.717) is 17.7 Å². The Bertz CT molecular complexity index is 934. The summed E-state index contributed by atoms with van der Waals surface area (Å²) in [6.45, 7) is 2.33.